The number of carbonyl (C=O) groups is 2. The number of carbonyl (C=O) groups excluding carboxylic acids is 2. The molecule has 2 aliphatic rings. The third-order valence-electron chi connectivity index (χ3n) is 4.07. The zero-order chi connectivity index (χ0) is 14.7. The van der Waals surface area contributed by atoms with Crippen molar-refractivity contribution in [3.8, 4) is 0 Å². The molecule has 0 radical (unpaired) electrons. The summed E-state index contributed by atoms with van der Waals surface area (Å²) in [6, 6.07) is 0. The Morgan fingerprint density at radius 3 is 2.20 bits per heavy atom. The van der Waals surface area contributed by atoms with Crippen LogP contribution >= 0.6 is 0 Å². The Balaban J connectivity index is 2.27. The number of fused-ring (bicyclic) bond motifs is 1. The summed E-state index contributed by atoms with van der Waals surface area (Å²) in [6.07, 6.45) is 5.14. The van der Waals surface area contributed by atoms with Gasteiger partial charge in [0, 0.05) is 5.92 Å². The first-order valence-corrected chi connectivity index (χ1v) is 7.39. The van der Waals surface area contributed by atoms with E-state index in [2.05, 4.69) is 13.0 Å². The predicted octanol–water partition coefficient (Wildman–Crippen LogP) is 2.79. The van der Waals surface area contributed by atoms with Gasteiger partial charge in [0.25, 0.3) is 0 Å². The van der Waals surface area contributed by atoms with Gasteiger partial charge in [-0.3, -0.25) is 0 Å². The highest BCUT2D eigenvalue weighted by Gasteiger charge is 2.43. The van der Waals surface area contributed by atoms with Crippen LogP contribution in [0.2, 0.25) is 0 Å². The van der Waals surface area contributed by atoms with Crippen LogP contribution in [0.15, 0.2) is 22.8 Å². The molecular formula is C16H22O4. The van der Waals surface area contributed by atoms with Crippen molar-refractivity contribution in [1.82, 2.24) is 0 Å². The van der Waals surface area contributed by atoms with E-state index in [0.29, 0.717) is 5.92 Å². The number of esters is 2. The summed E-state index contributed by atoms with van der Waals surface area (Å²) in [4.78, 5) is 24.1. The minimum Gasteiger partial charge on any atom is -0.462 e. The van der Waals surface area contributed by atoms with E-state index in [9.17, 15) is 9.59 Å². The van der Waals surface area contributed by atoms with Gasteiger partial charge in [-0.05, 0) is 44.6 Å². The monoisotopic (exact) mass is 278 g/mol. The molecule has 1 saturated carbocycles. The quantitative estimate of drug-likeness (QED) is 0.255. The molecule has 0 spiro atoms. The molecule has 0 aliphatic heterocycles. The topological polar surface area (TPSA) is 52.6 Å². The fourth-order valence-electron chi connectivity index (χ4n) is 3.05. The van der Waals surface area contributed by atoms with E-state index in [0.717, 1.165) is 24.8 Å². The lowest BCUT2D eigenvalue weighted by atomic mass is 9.69. The van der Waals surface area contributed by atoms with E-state index < -0.39 is 11.9 Å². The molecule has 0 unspecified atom stereocenters. The van der Waals surface area contributed by atoms with Gasteiger partial charge in [0.2, 0.25) is 0 Å². The summed E-state index contributed by atoms with van der Waals surface area (Å²) >= 11 is 0. The Bertz CT molecular complexity index is 453. The van der Waals surface area contributed by atoms with Crippen LogP contribution in [0, 0.1) is 11.8 Å². The number of rotatable bonds is 5. The second-order valence-corrected chi connectivity index (χ2v) is 5.21. The Morgan fingerprint density at radius 1 is 1.10 bits per heavy atom. The van der Waals surface area contributed by atoms with Crippen molar-refractivity contribution in [2.24, 2.45) is 11.8 Å². The smallest absolute Gasteiger partial charge is 0.345 e. The molecule has 0 aromatic carbocycles. The first kappa shape index (κ1) is 14.8. The minimum absolute atomic E-state index is 0.128. The van der Waals surface area contributed by atoms with Gasteiger partial charge >= 0.3 is 11.9 Å². The summed E-state index contributed by atoms with van der Waals surface area (Å²) in [5.41, 5.74) is 2.45. The van der Waals surface area contributed by atoms with Gasteiger partial charge in [-0.15, -0.1) is 0 Å². The average Bonchev–Trinajstić information content (AvgIpc) is 2.73. The molecule has 2 aliphatic carbocycles. The van der Waals surface area contributed by atoms with Crippen molar-refractivity contribution in [2.45, 2.75) is 40.0 Å². The summed E-state index contributed by atoms with van der Waals surface area (Å²) in [5.74, 6) is -0.303. The van der Waals surface area contributed by atoms with Crippen LogP contribution in [0.3, 0.4) is 0 Å². The van der Waals surface area contributed by atoms with E-state index in [1.807, 2.05) is 0 Å². The third kappa shape index (κ3) is 2.65. The fourth-order valence-corrected chi connectivity index (χ4v) is 3.05. The molecule has 20 heavy (non-hydrogen) atoms. The molecule has 0 aromatic rings. The van der Waals surface area contributed by atoms with Gasteiger partial charge in [0.15, 0.2) is 0 Å². The van der Waals surface area contributed by atoms with Crippen molar-refractivity contribution >= 4 is 11.9 Å². The number of allylic oxidation sites excluding steroid dienone is 3. The van der Waals surface area contributed by atoms with Crippen LogP contribution in [0.1, 0.15) is 40.0 Å². The summed E-state index contributed by atoms with van der Waals surface area (Å²) in [7, 11) is 0. The van der Waals surface area contributed by atoms with Crippen LogP contribution in [0.25, 0.3) is 0 Å². The first-order valence-electron chi connectivity index (χ1n) is 7.39. The number of hydrogen-bond acceptors (Lipinski definition) is 4. The molecule has 0 aromatic heterocycles. The Labute approximate surface area is 119 Å². The first-order chi connectivity index (χ1) is 9.62. The standard InChI is InChI=1S/C16H22O4/c1-4-10-7-11-9-13(12(11)8-10)14(15(17)19-5-2)16(18)20-6-3/h8,11-12H,4-7,9H2,1-3H3/t11-,12-/m1/s1. The maximum absolute atomic E-state index is 12.0. The van der Waals surface area contributed by atoms with Crippen LogP contribution < -0.4 is 0 Å². The molecule has 0 heterocycles. The number of ether oxygens (including phenoxy) is 2. The third-order valence-corrected chi connectivity index (χ3v) is 4.07. The van der Waals surface area contributed by atoms with Crippen molar-refractivity contribution in [2.75, 3.05) is 13.2 Å². The summed E-state index contributed by atoms with van der Waals surface area (Å²) < 4.78 is 10.0. The highest BCUT2D eigenvalue weighted by atomic mass is 16.6. The molecule has 4 nitrogen and oxygen atoms in total. The summed E-state index contributed by atoms with van der Waals surface area (Å²) in [5, 5.41) is 0. The van der Waals surface area contributed by atoms with Crippen molar-refractivity contribution < 1.29 is 19.1 Å². The van der Waals surface area contributed by atoms with Crippen molar-refractivity contribution in [1.29, 1.82) is 0 Å². The highest BCUT2D eigenvalue weighted by molar-refractivity contribution is 6.15. The lowest BCUT2D eigenvalue weighted by Crippen LogP contribution is -2.31. The Hall–Kier alpha value is -1.58. The molecule has 2 atom stereocenters. The molecule has 0 amide bonds. The average molecular weight is 278 g/mol. The Kier molecular flexibility index (Phi) is 4.63. The zero-order valence-electron chi connectivity index (χ0n) is 12.4. The van der Waals surface area contributed by atoms with E-state index in [-0.39, 0.29) is 24.7 Å². The molecular weight excluding hydrogens is 256 g/mol. The van der Waals surface area contributed by atoms with Gasteiger partial charge in [-0.25, -0.2) is 9.59 Å². The second-order valence-electron chi connectivity index (χ2n) is 5.21. The SMILES string of the molecule is CCOC(=O)C(C(=O)OCC)=C1C[C@H]2CC(CC)=C[C@@H]12. The van der Waals surface area contributed by atoms with Crippen molar-refractivity contribution in [3.05, 3.63) is 22.8 Å². The highest BCUT2D eigenvalue weighted by Crippen LogP contribution is 2.51. The lowest BCUT2D eigenvalue weighted by molar-refractivity contribution is -0.146. The van der Waals surface area contributed by atoms with Crippen LogP contribution in [-0.2, 0) is 19.1 Å². The van der Waals surface area contributed by atoms with E-state index in [1.165, 1.54) is 5.57 Å². The normalized spacial score (nSPS) is 23.6. The molecule has 0 bridgehead atoms. The van der Waals surface area contributed by atoms with Crippen molar-refractivity contribution in [3.63, 3.8) is 0 Å². The maximum Gasteiger partial charge on any atom is 0.345 e. The van der Waals surface area contributed by atoms with E-state index >= 15 is 0 Å². The maximum atomic E-state index is 12.0. The summed E-state index contributed by atoms with van der Waals surface area (Å²) in [6.45, 7) is 6.13. The van der Waals surface area contributed by atoms with Gasteiger partial charge in [-0.2, -0.15) is 0 Å². The molecule has 110 valence electrons. The minimum atomic E-state index is -0.544. The molecule has 2 rings (SSSR count). The van der Waals surface area contributed by atoms with E-state index in [4.69, 9.17) is 9.47 Å². The van der Waals surface area contributed by atoms with Crippen LogP contribution in [0.5, 0.6) is 0 Å². The zero-order valence-corrected chi connectivity index (χ0v) is 12.4. The molecule has 0 N–H and O–H groups in total. The predicted molar refractivity (Wildman–Crippen MR) is 74.9 cm³/mol. The van der Waals surface area contributed by atoms with Crippen LogP contribution in [-0.4, -0.2) is 25.2 Å². The van der Waals surface area contributed by atoms with Crippen LogP contribution in [0.4, 0.5) is 0 Å². The molecule has 0 saturated heterocycles. The fraction of sp³-hybridized carbons (Fsp3) is 0.625. The largest absolute Gasteiger partial charge is 0.462 e. The van der Waals surface area contributed by atoms with Gasteiger partial charge in [-0.1, -0.05) is 18.6 Å². The van der Waals surface area contributed by atoms with Gasteiger partial charge < -0.3 is 9.47 Å². The number of hydrogen-bond donors (Lipinski definition) is 0. The van der Waals surface area contributed by atoms with Gasteiger partial charge in [0.05, 0.1) is 13.2 Å². The van der Waals surface area contributed by atoms with E-state index in [1.54, 1.807) is 13.8 Å². The lowest BCUT2D eigenvalue weighted by Gasteiger charge is -2.35. The Morgan fingerprint density at radius 2 is 1.70 bits per heavy atom. The second kappa shape index (κ2) is 6.25. The van der Waals surface area contributed by atoms with Gasteiger partial charge in [0.1, 0.15) is 5.57 Å². The molecule has 1 fully saturated rings. The molecule has 4 heteroatoms.